The first-order valence-electron chi connectivity index (χ1n) is 6.96. The van der Waals surface area contributed by atoms with Crippen molar-refractivity contribution in [3.05, 3.63) is 35.9 Å². The minimum atomic E-state index is -0.330. The third-order valence-electron chi connectivity index (χ3n) is 3.22. The number of morpholine rings is 1. The van der Waals surface area contributed by atoms with E-state index in [2.05, 4.69) is 24.4 Å². The van der Waals surface area contributed by atoms with Crippen molar-refractivity contribution in [3.63, 3.8) is 0 Å². The van der Waals surface area contributed by atoms with E-state index in [4.69, 9.17) is 4.74 Å². The first-order valence-corrected chi connectivity index (χ1v) is 6.96. The fourth-order valence-corrected chi connectivity index (χ4v) is 2.27. The summed E-state index contributed by atoms with van der Waals surface area (Å²) in [4.78, 5) is 14.3. The van der Waals surface area contributed by atoms with Crippen LogP contribution in [-0.4, -0.2) is 43.2 Å². The molecule has 1 aliphatic rings. The summed E-state index contributed by atoms with van der Waals surface area (Å²) in [5.41, 5.74) is 1.16. The Morgan fingerprint density at radius 1 is 1.40 bits per heavy atom. The number of amides is 1. The molecule has 2 rings (SSSR count). The Labute approximate surface area is 126 Å². The molecule has 1 aliphatic heterocycles. The fourth-order valence-electron chi connectivity index (χ4n) is 2.27. The molecular weight excluding hydrogens is 276 g/mol. The molecule has 0 aromatic heterocycles. The van der Waals surface area contributed by atoms with Crippen molar-refractivity contribution >= 4 is 18.3 Å². The average Bonchev–Trinajstić information content (AvgIpc) is 2.48. The van der Waals surface area contributed by atoms with E-state index in [1.165, 1.54) is 0 Å². The van der Waals surface area contributed by atoms with Crippen molar-refractivity contribution in [2.45, 2.75) is 26.0 Å². The number of carbonyl (C=O) groups excluding carboxylic acids is 1. The fraction of sp³-hybridized carbons (Fsp3) is 0.533. The monoisotopic (exact) mass is 298 g/mol. The number of hydrogen-bond donors (Lipinski definition) is 1. The van der Waals surface area contributed by atoms with Crippen LogP contribution in [0.3, 0.4) is 0 Å². The van der Waals surface area contributed by atoms with Crippen LogP contribution in [-0.2, 0) is 16.1 Å². The topological polar surface area (TPSA) is 41.6 Å². The lowest BCUT2D eigenvalue weighted by molar-refractivity contribution is -0.145. The first-order chi connectivity index (χ1) is 9.31. The van der Waals surface area contributed by atoms with Crippen molar-refractivity contribution in [2.75, 3.05) is 26.2 Å². The Balaban J connectivity index is 0.00000200. The van der Waals surface area contributed by atoms with E-state index < -0.39 is 0 Å². The van der Waals surface area contributed by atoms with E-state index in [0.29, 0.717) is 19.7 Å². The van der Waals surface area contributed by atoms with Gasteiger partial charge in [0.15, 0.2) is 0 Å². The van der Waals surface area contributed by atoms with E-state index in [1.54, 1.807) is 0 Å². The standard InChI is InChI=1S/C15H22N2O2.ClH/c1-2-9-17(12-13-6-4-3-5-7-13)15(18)14-11-16-8-10-19-14;/h3-7,14,16H,2,8-12H2,1H3;1H. The molecule has 5 heteroatoms. The molecule has 1 saturated heterocycles. The average molecular weight is 299 g/mol. The van der Waals surface area contributed by atoms with E-state index in [9.17, 15) is 4.79 Å². The molecule has 0 spiro atoms. The Kier molecular flexibility index (Phi) is 7.59. The van der Waals surface area contributed by atoms with E-state index in [0.717, 1.165) is 25.1 Å². The SMILES string of the molecule is CCCN(Cc1ccccc1)C(=O)C1CNCCO1.Cl. The molecule has 1 amide bonds. The maximum absolute atomic E-state index is 12.5. The maximum Gasteiger partial charge on any atom is 0.253 e. The third-order valence-corrected chi connectivity index (χ3v) is 3.22. The van der Waals surface area contributed by atoms with Crippen LogP contribution in [0.4, 0.5) is 0 Å². The number of nitrogens with one attached hydrogen (secondary N) is 1. The molecule has 1 N–H and O–H groups in total. The summed E-state index contributed by atoms with van der Waals surface area (Å²) in [6.07, 6.45) is 0.627. The number of carbonyl (C=O) groups is 1. The van der Waals surface area contributed by atoms with Crippen molar-refractivity contribution in [3.8, 4) is 0 Å². The Hall–Kier alpha value is -1.10. The summed E-state index contributed by atoms with van der Waals surface area (Å²) in [6, 6.07) is 10.1. The summed E-state index contributed by atoms with van der Waals surface area (Å²) >= 11 is 0. The van der Waals surface area contributed by atoms with Gasteiger partial charge < -0.3 is 15.0 Å². The molecule has 112 valence electrons. The van der Waals surface area contributed by atoms with Crippen LogP contribution >= 0.6 is 12.4 Å². The van der Waals surface area contributed by atoms with Gasteiger partial charge in [0.05, 0.1) is 6.61 Å². The highest BCUT2D eigenvalue weighted by Gasteiger charge is 2.26. The van der Waals surface area contributed by atoms with Crippen LogP contribution in [0.15, 0.2) is 30.3 Å². The van der Waals surface area contributed by atoms with Gasteiger partial charge in [-0.15, -0.1) is 12.4 Å². The second-order valence-electron chi connectivity index (χ2n) is 4.81. The summed E-state index contributed by atoms with van der Waals surface area (Å²) in [5, 5.41) is 3.20. The summed E-state index contributed by atoms with van der Waals surface area (Å²) in [7, 11) is 0. The zero-order valence-corrected chi connectivity index (χ0v) is 12.7. The van der Waals surface area contributed by atoms with Gasteiger partial charge in [-0.3, -0.25) is 4.79 Å². The quantitative estimate of drug-likeness (QED) is 0.902. The minimum absolute atomic E-state index is 0. The van der Waals surface area contributed by atoms with Gasteiger partial charge in [-0.25, -0.2) is 0 Å². The number of halogens is 1. The zero-order valence-electron chi connectivity index (χ0n) is 11.9. The minimum Gasteiger partial charge on any atom is -0.366 e. The predicted octanol–water partition coefficient (Wildman–Crippen LogP) is 1.84. The number of nitrogens with zero attached hydrogens (tertiary/aromatic N) is 1. The summed E-state index contributed by atoms with van der Waals surface area (Å²) < 4.78 is 5.55. The van der Waals surface area contributed by atoms with Crippen LogP contribution < -0.4 is 5.32 Å². The van der Waals surface area contributed by atoms with Crippen molar-refractivity contribution in [1.82, 2.24) is 10.2 Å². The van der Waals surface area contributed by atoms with Crippen molar-refractivity contribution < 1.29 is 9.53 Å². The number of benzene rings is 1. The molecule has 1 fully saturated rings. The lowest BCUT2D eigenvalue weighted by atomic mass is 10.2. The maximum atomic E-state index is 12.5. The van der Waals surface area contributed by atoms with Gasteiger partial charge in [-0.05, 0) is 12.0 Å². The molecule has 0 radical (unpaired) electrons. The molecule has 0 saturated carbocycles. The molecule has 1 aromatic carbocycles. The first kappa shape index (κ1) is 17.0. The second-order valence-corrected chi connectivity index (χ2v) is 4.81. The molecule has 20 heavy (non-hydrogen) atoms. The van der Waals surface area contributed by atoms with Crippen LogP contribution in [0.1, 0.15) is 18.9 Å². The summed E-state index contributed by atoms with van der Waals surface area (Å²) in [5.74, 6) is 0.0953. The highest BCUT2D eigenvalue weighted by Crippen LogP contribution is 2.09. The van der Waals surface area contributed by atoms with Gasteiger partial charge in [0.25, 0.3) is 5.91 Å². The Morgan fingerprint density at radius 3 is 2.75 bits per heavy atom. The zero-order chi connectivity index (χ0) is 13.5. The van der Waals surface area contributed by atoms with Gasteiger partial charge in [-0.1, -0.05) is 37.3 Å². The van der Waals surface area contributed by atoms with Crippen molar-refractivity contribution in [2.24, 2.45) is 0 Å². The van der Waals surface area contributed by atoms with Gasteiger partial charge >= 0.3 is 0 Å². The van der Waals surface area contributed by atoms with Gasteiger partial charge in [0.1, 0.15) is 6.10 Å². The van der Waals surface area contributed by atoms with Crippen LogP contribution in [0, 0.1) is 0 Å². The number of hydrogen-bond acceptors (Lipinski definition) is 3. The predicted molar refractivity (Wildman–Crippen MR) is 82.0 cm³/mol. The molecule has 1 aromatic rings. The van der Waals surface area contributed by atoms with E-state index >= 15 is 0 Å². The molecule has 4 nitrogen and oxygen atoms in total. The van der Waals surface area contributed by atoms with Gasteiger partial charge in [0, 0.05) is 26.2 Å². The number of ether oxygens (including phenoxy) is 1. The van der Waals surface area contributed by atoms with Crippen LogP contribution in [0.2, 0.25) is 0 Å². The Morgan fingerprint density at radius 2 is 2.15 bits per heavy atom. The summed E-state index contributed by atoms with van der Waals surface area (Å²) in [6.45, 7) is 5.58. The third kappa shape index (κ3) is 4.78. The Bertz CT molecular complexity index is 394. The molecule has 1 heterocycles. The molecule has 0 aliphatic carbocycles. The highest BCUT2D eigenvalue weighted by atomic mass is 35.5. The number of rotatable bonds is 5. The molecule has 1 atom stereocenters. The van der Waals surface area contributed by atoms with Crippen LogP contribution in [0.5, 0.6) is 0 Å². The second kappa shape index (κ2) is 8.95. The normalized spacial score (nSPS) is 18.1. The largest absolute Gasteiger partial charge is 0.366 e. The smallest absolute Gasteiger partial charge is 0.253 e. The molecular formula is C15H23ClN2O2. The van der Waals surface area contributed by atoms with E-state index in [1.807, 2.05) is 23.1 Å². The highest BCUT2D eigenvalue weighted by molar-refractivity contribution is 5.85. The lowest BCUT2D eigenvalue weighted by Gasteiger charge is -2.29. The van der Waals surface area contributed by atoms with Crippen molar-refractivity contribution in [1.29, 1.82) is 0 Å². The lowest BCUT2D eigenvalue weighted by Crippen LogP contribution is -2.49. The molecule has 1 unspecified atom stereocenters. The molecule has 0 bridgehead atoms. The van der Waals surface area contributed by atoms with Gasteiger partial charge in [0.2, 0.25) is 0 Å². The van der Waals surface area contributed by atoms with Crippen LogP contribution in [0.25, 0.3) is 0 Å². The van der Waals surface area contributed by atoms with Gasteiger partial charge in [-0.2, -0.15) is 0 Å². The van der Waals surface area contributed by atoms with E-state index in [-0.39, 0.29) is 24.4 Å².